The summed E-state index contributed by atoms with van der Waals surface area (Å²) in [7, 11) is 0. The highest BCUT2D eigenvalue weighted by atomic mass is 16.3. The van der Waals surface area contributed by atoms with Gasteiger partial charge in [0.25, 0.3) is 0 Å². The molecule has 0 aliphatic rings. The summed E-state index contributed by atoms with van der Waals surface area (Å²) in [5.41, 5.74) is 4.18. The zero-order valence-corrected chi connectivity index (χ0v) is 6.41. The lowest BCUT2D eigenvalue weighted by atomic mass is 10.1. The van der Waals surface area contributed by atoms with Crippen molar-refractivity contribution in [1.82, 2.24) is 0 Å². The van der Waals surface area contributed by atoms with Crippen LogP contribution in [0.1, 0.15) is 18.6 Å². The Balaban J connectivity index is 2.91. The molecule has 1 aromatic carbocycles. The number of aliphatic hydroxyl groups excluding tert-OH is 1. The summed E-state index contributed by atoms with van der Waals surface area (Å²) in [6.07, 6.45) is -0.441. The molecule has 0 saturated carbocycles. The van der Waals surface area contributed by atoms with Crippen LogP contribution in [0.4, 0.5) is 5.69 Å². The zero-order valence-electron chi connectivity index (χ0n) is 6.41. The van der Waals surface area contributed by atoms with Crippen molar-refractivity contribution >= 4 is 5.69 Å². The zero-order chi connectivity index (χ0) is 8.27. The van der Waals surface area contributed by atoms with Crippen LogP contribution >= 0.6 is 0 Å². The van der Waals surface area contributed by atoms with E-state index in [0.717, 1.165) is 11.3 Å². The third-order valence-corrected chi connectivity index (χ3v) is 1.54. The van der Waals surface area contributed by atoms with Crippen molar-refractivity contribution in [1.29, 1.82) is 0 Å². The molecule has 1 aromatic rings. The second kappa shape index (κ2) is 3.37. The van der Waals surface area contributed by atoms with Gasteiger partial charge in [-0.25, -0.2) is 0 Å². The van der Waals surface area contributed by atoms with Gasteiger partial charge in [-0.05, 0) is 24.6 Å². The van der Waals surface area contributed by atoms with Crippen LogP contribution in [0.15, 0.2) is 24.3 Å². The molecule has 0 aliphatic carbocycles. The molecule has 0 amide bonds. The normalized spacial score (nSPS) is 12.6. The molecule has 0 aliphatic heterocycles. The Morgan fingerprint density at radius 2 is 2.27 bits per heavy atom. The molecule has 60 valence electrons. The number of nitrogens with two attached hydrogens (primary N) is 1. The lowest BCUT2D eigenvalue weighted by Crippen LogP contribution is -2.07. The van der Waals surface area contributed by atoms with Crippen molar-refractivity contribution in [3.8, 4) is 0 Å². The first-order valence-electron chi connectivity index (χ1n) is 3.48. The van der Waals surface area contributed by atoms with Crippen LogP contribution < -0.4 is 11.3 Å². The van der Waals surface area contributed by atoms with Crippen molar-refractivity contribution in [2.75, 3.05) is 5.43 Å². The standard InChI is InChI=1S/C8H12N2O/c1-6(11)7-3-2-4-8(5-7)10-9/h2-6,10-11H,9H2,1H3/t6-/m1/s1. The fourth-order valence-corrected chi connectivity index (χ4v) is 0.888. The maximum absolute atomic E-state index is 9.18. The Bertz CT molecular complexity index is 235. The number of aliphatic hydroxyl groups is 1. The van der Waals surface area contributed by atoms with Crippen molar-refractivity contribution in [3.63, 3.8) is 0 Å². The first-order chi connectivity index (χ1) is 5.24. The van der Waals surface area contributed by atoms with E-state index in [9.17, 15) is 5.11 Å². The number of hydrogen-bond acceptors (Lipinski definition) is 3. The Hall–Kier alpha value is -1.06. The monoisotopic (exact) mass is 152 g/mol. The average Bonchev–Trinajstić information content (AvgIpc) is 2.05. The van der Waals surface area contributed by atoms with Gasteiger partial charge in [0.1, 0.15) is 0 Å². The van der Waals surface area contributed by atoms with E-state index in [-0.39, 0.29) is 0 Å². The smallest absolute Gasteiger partial charge is 0.0762 e. The topological polar surface area (TPSA) is 58.3 Å². The summed E-state index contributed by atoms with van der Waals surface area (Å²) in [6, 6.07) is 7.35. The third kappa shape index (κ3) is 1.93. The molecule has 1 rings (SSSR count). The van der Waals surface area contributed by atoms with Gasteiger partial charge in [-0.1, -0.05) is 12.1 Å². The molecule has 0 unspecified atom stereocenters. The van der Waals surface area contributed by atoms with Crippen LogP contribution in [-0.2, 0) is 0 Å². The Labute approximate surface area is 65.8 Å². The molecule has 0 spiro atoms. The molecular weight excluding hydrogens is 140 g/mol. The fourth-order valence-electron chi connectivity index (χ4n) is 0.888. The fraction of sp³-hybridized carbons (Fsp3) is 0.250. The molecule has 0 bridgehead atoms. The highest BCUT2D eigenvalue weighted by Gasteiger charge is 1.99. The summed E-state index contributed by atoms with van der Waals surface area (Å²) in [5, 5.41) is 9.18. The molecule has 3 nitrogen and oxygen atoms in total. The minimum absolute atomic E-state index is 0.441. The molecule has 0 heterocycles. The average molecular weight is 152 g/mol. The van der Waals surface area contributed by atoms with Crippen LogP contribution in [0.5, 0.6) is 0 Å². The second-order valence-corrected chi connectivity index (χ2v) is 2.45. The second-order valence-electron chi connectivity index (χ2n) is 2.45. The minimum atomic E-state index is -0.441. The van der Waals surface area contributed by atoms with Gasteiger partial charge in [0.2, 0.25) is 0 Å². The largest absolute Gasteiger partial charge is 0.389 e. The Morgan fingerprint density at radius 1 is 1.55 bits per heavy atom. The molecule has 0 fully saturated rings. The van der Waals surface area contributed by atoms with Crippen molar-refractivity contribution in [2.24, 2.45) is 5.84 Å². The van der Waals surface area contributed by atoms with E-state index in [1.165, 1.54) is 0 Å². The molecule has 0 radical (unpaired) electrons. The highest BCUT2D eigenvalue weighted by Crippen LogP contribution is 2.15. The lowest BCUT2D eigenvalue weighted by Gasteiger charge is -2.06. The van der Waals surface area contributed by atoms with Gasteiger partial charge in [0.05, 0.1) is 6.10 Å². The summed E-state index contributed by atoms with van der Waals surface area (Å²) in [5.74, 6) is 5.19. The number of hydrogen-bond donors (Lipinski definition) is 3. The molecule has 1 atom stereocenters. The molecule has 3 heteroatoms. The van der Waals surface area contributed by atoms with Crippen molar-refractivity contribution in [3.05, 3.63) is 29.8 Å². The minimum Gasteiger partial charge on any atom is -0.389 e. The van der Waals surface area contributed by atoms with Crippen molar-refractivity contribution < 1.29 is 5.11 Å². The Morgan fingerprint density at radius 3 is 2.82 bits per heavy atom. The van der Waals surface area contributed by atoms with E-state index >= 15 is 0 Å². The van der Waals surface area contributed by atoms with Gasteiger partial charge in [-0.2, -0.15) is 0 Å². The molecule has 0 aromatic heterocycles. The van der Waals surface area contributed by atoms with Crippen LogP contribution in [0.3, 0.4) is 0 Å². The van der Waals surface area contributed by atoms with Crippen molar-refractivity contribution in [2.45, 2.75) is 13.0 Å². The van der Waals surface area contributed by atoms with Crippen LogP contribution in [0.25, 0.3) is 0 Å². The first kappa shape index (κ1) is 8.04. The SMILES string of the molecule is C[C@@H](O)c1cccc(NN)c1. The van der Waals surface area contributed by atoms with E-state index < -0.39 is 6.10 Å². The van der Waals surface area contributed by atoms with Gasteiger partial charge in [0.15, 0.2) is 0 Å². The van der Waals surface area contributed by atoms with Gasteiger partial charge >= 0.3 is 0 Å². The number of anilines is 1. The van der Waals surface area contributed by atoms with Gasteiger partial charge < -0.3 is 10.5 Å². The van der Waals surface area contributed by atoms with E-state index in [1.54, 1.807) is 6.92 Å². The quantitative estimate of drug-likeness (QED) is 0.438. The maximum atomic E-state index is 9.18. The number of nitrogens with one attached hydrogen (secondary N) is 1. The number of benzene rings is 1. The van der Waals surface area contributed by atoms with Gasteiger partial charge in [-0.15, -0.1) is 0 Å². The predicted octanol–water partition coefficient (Wildman–Crippen LogP) is 1.03. The van der Waals surface area contributed by atoms with Crippen LogP contribution in [0.2, 0.25) is 0 Å². The summed E-state index contributed by atoms with van der Waals surface area (Å²) in [6.45, 7) is 1.72. The number of rotatable bonds is 2. The Kier molecular flexibility index (Phi) is 2.46. The number of hydrazine groups is 1. The predicted molar refractivity (Wildman–Crippen MR) is 44.9 cm³/mol. The number of nitrogen functional groups attached to an aromatic ring is 1. The summed E-state index contributed by atoms with van der Waals surface area (Å²) < 4.78 is 0. The first-order valence-corrected chi connectivity index (χ1v) is 3.48. The van der Waals surface area contributed by atoms with E-state index in [0.29, 0.717) is 0 Å². The molecular formula is C8H12N2O. The molecule has 4 N–H and O–H groups in total. The highest BCUT2D eigenvalue weighted by molar-refractivity contribution is 5.44. The molecule has 0 saturated heterocycles. The summed E-state index contributed by atoms with van der Waals surface area (Å²) in [4.78, 5) is 0. The van der Waals surface area contributed by atoms with Gasteiger partial charge in [-0.3, -0.25) is 5.84 Å². The third-order valence-electron chi connectivity index (χ3n) is 1.54. The van der Waals surface area contributed by atoms with Crippen LogP contribution in [0, 0.1) is 0 Å². The van der Waals surface area contributed by atoms with Crippen LogP contribution in [-0.4, -0.2) is 5.11 Å². The van der Waals surface area contributed by atoms with E-state index in [1.807, 2.05) is 24.3 Å². The van der Waals surface area contributed by atoms with Gasteiger partial charge in [0, 0.05) is 5.69 Å². The van der Waals surface area contributed by atoms with E-state index in [2.05, 4.69) is 5.43 Å². The molecule has 11 heavy (non-hydrogen) atoms. The maximum Gasteiger partial charge on any atom is 0.0762 e. The summed E-state index contributed by atoms with van der Waals surface area (Å²) >= 11 is 0. The van der Waals surface area contributed by atoms with E-state index in [4.69, 9.17) is 5.84 Å². The lowest BCUT2D eigenvalue weighted by molar-refractivity contribution is 0.199.